The summed E-state index contributed by atoms with van der Waals surface area (Å²) in [6, 6.07) is 23.0. The van der Waals surface area contributed by atoms with Gasteiger partial charge in [0, 0.05) is 12.1 Å². The Bertz CT molecular complexity index is 1090. The zero-order valence-corrected chi connectivity index (χ0v) is 16.4. The molecule has 0 aliphatic heterocycles. The lowest BCUT2D eigenvalue weighted by Crippen LogP contribution is -2.18. The van der Waals surface area contributed by atoms with Gasteiger partial charge in [-0.1, -0.05) is 60.7 Å². The molecule has 1 N–H and O–H groups in total. The van der Waals surface area contributed by atoms with Crippen LogP contribution in [0.2, 0.25) is 0 Å². The summed E-state index contributed by atoms with van der Waals surface area (Å²) in [4.78, 5) is 1.63. The highest BCUT2D eigenvalue weighted by Gasteiger charge is 2.13. The topological polar surface area (TPSA) is 42.7 Å². The number of halogens is 2. The highest BCUT2D eigenvalue weighted by atomic mass is 19.1. The van der Waals surface area contributed by atoms with Crippen LogP contribution in [0.5, 0.6) is 0 Å². The van der Waals surface area contributed by atoms with E-state index >= 15 is 0 Å². The van der Waals surface area contributed by atoms with Gasteiger partial charge in [0.25, 0.3) is 0 Å². The molecule has 4 nitrogen and oxygen atoms in total. The maximum atomic E-state index is 13.8. The SMILES string of the molecule is Fc1ccc(Cn2nc(CNCCc3ccccc3F)c(-c3ccccc3)n2)cc1. The summed E-state index contributed by atoms with van der Waals surface area (Å²) in [6.45, 7) is 1.59. The first-order valence-corrected chi connectivity index (χ1v) is 9.87. The molecule has 0 spiro atoms. The fourth-order valence-corrected chi connectivity index (χ4v) is 3.28. The van der Waals surface area contributed by atoms with Crippen molar-refractivity contribution < 1.29 is 8.78 Å². The number of rotatable bonds is 8. The second kappa shape index (κ2) is 9.41. The highest BCUT2D eigenvalue weighted by Crippen LogP contribution is 2.20. The molecule has 0 amide bonds. The van der Waals surface area contributed by atoms with Crippen LogP contribution in [0.3, 0.4) is 0 Å². The quantitative estimate of drug-likeness (QED) is 0.436. The average Bonchev–Trinajstić information content (AvgIpc) is 3.17. The number of hydrogen-bond donors (Lipinski definition) is 1. The van der Waals surface area contributed by atoms with E-state index < -0.39 is 0 Å². The smallest absolute Gasteiger partial charge is 0.126 e. The number of aromatic nitrogens is 3. The van der Waals surface area contributed by atoms with Crippen LogP contribution in [0.15, 0.2) is 78.9 Å². The summed E-state index contributed by atoms with van der Waals surface area (Å²) in [5.74, 6) is -0.452. The fourth-order valence-electron chi connectivity index (χ4n) is 3.28. The van der Waals surface area contributed by atoms with E-state index in [1.807, 2.05) is 36.4 Å². The van der Waals surface area contributed by atoms with E-state index in [1.54, 1.807) is 29.1 Å². The Morgan fingerprint density at radius 2 is 1.53 bits per heavy atom. The standard InChI is InChI=1S/C24H22F2N4/c25-21-12-10-18(11-13-21)17-30-28-23(24(29-30)20-7-2-1-3-8-20)16-27-15-14-19-6-4-5-9-22(19)26/h1-13,27H,14-17H2. The second-order valence-corrected chi connectivity index (χ2v) is 7.04. The van der Waals surface area contributed by atoms with Crippen LogP contribution >= 0.6 is 0 Å². The second-order valence-electron chi connectivity index (χ2n) is 7.04. The van der Waals surface area contributed by atoms with Gasteiger partial charge in [-0.15, -0.1) is 0 Å². The molecule has 0 fully saturated rings. The van der Waals surface area contributed by atoms with E-state index in [0.29, 0.717) is 31.6 Å². The zero-order chi connectivity index (χ0) is 20.8. The van der Waals surface area contributed by atoms with Crippen LogP contribution in [0.25, 0.3) is 11.3 Å². The maximum absolute atomic E-state index is 13.8. The monoisotopic (exact) mass is 404 g/mol. The molecule has 0 radical (unpaired) electrons. The molecule has 3 aromatic carbocycles. The van der Waals surface area contributed by atoms with E-state index in [1.165, 1.54) is 18.2 Å². The molecule has 4 aromatic rings. The van der Waals surface area contributed by atoms with E-state index in [4.69, 9.17) is 0 Å². The summed E-state index contributed by atoms with van der Waals surface area (Å²) in [5.41, 5.74) is 4.21. The van der Waals surface area contributed by atoms with Gasteiger partial charge in [-0.2, -0.15) is 15.0 Å². The Balaban J connectivity index is 1.48. The van der Waals surface area contributed by atoms with Gasteiger partial charge in [-0.05, 0) is 42.3 Å². The van der Waals surface area contributed by atoms with Crippen molar-refractivity contribution in [3.8, 4) is 11.3 Å². The molecular weight excluding hydrogens is 382 g/mol. The number of benzene rings is 3. The number of nitrogens with zero attached hydrogens (tertiary/aromatic N) is 3. The van der Waals surface area contributed by atoms with Gasteiger partial charge in [-0.3, -0.25) is 0 Å². The van der Waals surface area contributed by atoms with Gasteiger partial charge < -0.3 is 5.32 Å². The van der Waals surface area contributed by atoms with Gasteiger partial charge in [-0.25, -0.2) is 8.78 Å². The van der Waals surface area contributed by atoms with Crippen molar-refractivity contribution in [1.82, 2.24) is 20.3 Å². The lowest BCUT2D eigenvalue weighted by molar-refractivity contribution is 0.571. The first-order chi connectivity index (χ1) is 14.7. The summed E-state index contributed by atoms with van der Waals surface area (Å²) in [5, 5.41) is 12.6. The summed E-state index contributed by atoms with van der Waals surface area (Å²) in [6.07, 6.45) is 0.594. The van der Waals surface area contributed by atoms with Crippen molar-refractivity contribution in [3.05, 3.63) is 107 Å². The van der Waals surface area contributed by atoms with Crippen molar-refractivity contribution in [2.45, 2.75) is 19.5 Å². The predicted molar refractivity (Wildman–Crippen MR) is 113 cm³/mol. The van der Waals surface area contributed by atoms with Gasteiger partial charge in [0.05, 0.1) is 6.54 Å². The first-order valence-electron chi connectivity index (χ1n) is 9.87. The molecule has 0 saturated carbocycles. The maximum Gasteiger partial charge on any atom is 0.126 e. The lowest BCUT2D eigenvalue weighted by Gasteiger charge is -2.05. The van der Waals surface area contributed by atoms with Gasteiger partial charge in [0.1, 0.15) is 23.0 Å². The third-order valence-electron chi connectivity index (χ3n) is 4.83. The first kappa shape index (κ1) is 19.9. The Morgan fingerprint density at radius 3 is 2.30 bits per heavy atom. The highest BCUT2D eigenvalue weighted by molar-refractivity contribution is 5.60. The van der Waals surface area contributed by atoms with Crippen molar-refractivity contribution in [3.63, 3.8) is 0 Å². The van der Waals surface area contributed by atoms with E-state index in [-0.39, 0.29) is 11.6 Å². The summed E-state index contributed by atoms with van der Waals surface area (Å²) in [7, 11) is 0. The molecule has 0 unspecified atom stereocenters. The van der Waals surface area contributed by atoms with Crippen LogP contribution in [0, 0.1) is 11.6 Å². The van der Waals surface area contributed by atoms with Crippen LogP contribution in [0.4, 0.5) is 8.78 Å². The Kier molecular flexibility index (Phi) is 6.25. The van der Waals surface area contributed by atoms with Gasteiger partial charge in [0.2, 0.25) is 0 Å². The van der Waals surface area contributed by atoms with Gasteiger partial charge >= 0.3 is 0 Å². The van der Waals surface area contributed by atoms with Crippen molar-refractivity contribution in [2.75, 3.05) is 6.54 Å². The number of nitrogens with one attached hydrogen (secondary N) is 1. The molecule has 1 aromatic heterocycles. The van der Waals surface area contributed by atoms with Crippen molar-refractivity contribution >= 4 is 0 Å². The van der Waals surface area contributed by atoms with E-state index in [2.05, 4.69) is 15.5 Å². The average molecular weight is 404 g/mol. The van der Waals surface area contributed by atoms with Crippen LogP contribution in [-0.2, 0) is 19.5 Å². The minimum Gasteiger partial charge on any atom is -0.311 e. The van der Waals surface area contributed by atoms with E-state index in [0.717, 1.165) is 22.5 Å². The van der Waals surface area contributed by atoms with Crippen molar-refractivity contribution in [1.29, 1.82) is 0 Å². The molecule has 6 heteroatoms. The lowest BCUT2D eigenvalue weighted by atomic mass is 10.1. The third kappa shape index (κ3) is 4.96. The molecule has 0 aliphatic carbocycles. The molecule has 1 heterocycles. The Morgan fingerprint density at radius 1 is 0.800 bits per heavy atom. The normalized spacial score (nSPS) is 11.0. The molecular formula is C24H22F2N4. The van der Waals surface area contributed by atoms with Crippen molar-refractivity contribution in [2.24, 2.45) is 0 Å². The molecule has 30 heavy (non-hydrogen) atoms. The molecule has 0 atom stereocenters. The summed E-state index contributed by atoms with van der Waals surface area (Å²) < 4.78 is 26.9. The zero-order valence-electron chi connectivity index (χ0n) is 16.4. The van der Waals surface area contributed by atoms with E-state index in [9.17, 15) is 8.78 Å². The third-order valence-corrected chi connectivity index (χ3v) is 4.83. The Labute approximate surface area is 174 Å². The fraction of sp³-hybridized carbons (Fsp3) is 0.167. The molecule has 0 bridgehead atoms. The molecule has 0 saturated heterocycles. The molecule has 152 valence electrons. The molecule has 0 aliphatic rings. The molecule has 4 rings (SSSR count). The van der Waals surface area contributed by atoms with Crippen LogP contribution in [-0.4, -0.2) is 21.5 Å². The van der Waals surface area contributed by atoms with Gasteiger partial charge in [0.15, 0.2) is 0 Å². The minimum absolute atomic E-state index is 0.186. The Hall–Kier alpha value is -3.38. The van der Waals surface area contributed by atoms with Crippen LogP contribution in [0.1, 0.15) is 16.8 Å². The number of hydrogen-bond acceptors (Lipinski definition) is 3. The van der Waals surface area contributed by atoms with Crippen LogP contribution < -0.4 is 5.32 Å². The minimum atomic E-state index is -0.267. The summed E-state index contributed by atoms with van der Waals surface area (Å²) >= 11 is 0. The largest absolute Gasteiger partial charge is 0.311 e. The predicted octanol–water partition coefficient (Wildman–Crippen LogP) is 4.60.